The fourth-order valence-corrected chi connectivity index (χ4v) is 0.975. The molecule has 0 spiro atoms. The van der Waals surface area contributed by atoms with Gasteiger partial charge in [-0.3, -0.25) is 0 Å². The Hall–Kier alpha value is -0.0200. The summed E-state index contributed by atoms with van der Waals surface area (Å²) >= 11 is 9.82. The van der Waals surface area contributed by atoms with Gasteiger partial charge in [0.15, 0.2) is 0 Å². The van der Waals surface area contributed by atoms with Gasteiger partial charge in [-0.15, -0.1) is 0 Å². The molecule has 1 fully saturated rings. The van der Waals surface area contributed by atoms with Crippen molar-refractivity contribution in [1.29, 1.82) is 0 Å². The van der Waals surface area contributed by atoms with Crippen molar-refractivity contribution in [3.8, 4) is 0 Å². The molecule has 1 rings (SSSR count). The topological polar surface area (TPSA) is 12.0 Å². The van der Waals surface area contributed by atoms with Gasteiger partial charge in [-0.1, -0.05) is 24.4 Å². The van der Waals surface area contributed by atoms with Crippen LogP contribution in [0.2, 0.25) is 0 Å². The predicted molar refractivity (Wildman–Crippen MR) is 42.4 cm³/mol. The van der Waals surface area contributed by atoms with Gasteiger partial charge >= 0.3 is 0 Å². The molecule has 0 atom stereocenters. The molecule has 44 valence electrons. The minimum atomic E-state index is 0.814. The Bertz CT molecular complexity index is 102. The van der Waals surface area contributed by atoms with E-state index < -0.39 is 0 Å². The maximum absolute atomic E-state index is 4.94. The van der Waals surface area contributed by atoms with Crippen LogP contribution in [0.15, 0.2) is 0 Å². The second-order valence-electron chi connectivity index (χ2n) is 1.82. The number of hydrogen-bond acceptors (Lipinski definition) is 2. The van der Waals surface area contributed by atoms with Crippen LogP contribution in [0.25, 0.3) is 0 Å². The lowest BCUT2D eigenvalue weighted by Gasteiger charge is -2.13. The quantitative estimate of drug-likeness (QED) is 0.512. The number of thiocarbonyl (C=S) groups is 2. The Labute approximate surface area is 59.5 Å². The van der Waals surface area contributed by atoms with Crippen LogP contribution in [-0.2, 0) is 0 Å². The second kappa shape index (κ2) is 2.51. The average Bonchev–Trinajstić information content (AvgIpc) is 1.77. The summed E-state index contributed by atoms with van der Waals surface area (Å²) in [4.78, 5) is 2.05. The van der Waals surface area contributed by atoms with E-state index in [9.17, 15) is 0 Å². The third kappa shape index (κ3) is 1.49. The summed E-state index contributed by atoms with van der Waals surface area (Å²) in [6.07, 6.45) is 1.95. The summed E-state index contributed by atoms with van der Waals surface area (Å²) in [5, 5.41) is 3.02. The SMILES string of the molecule is S=C1CCC(=S)NC1. The Morgan fingerprint density at radius 1 is 1.25 bits per heavy atom. The average molecular weight is 145 g/mol. The van der Waals surface area contributed by atoms with Crippen molar-refractivity contribution in [2.24, 2.45) is 0 Å². The number of piperidine rings is 1. The zero-order valence-corrected chi connectivity index (χ0v) is 6.07. The van der Waals surface area contributed by atoms with Crippen molar-refractivity contribution in [1.82, 2.24) is 5.32 Å². The van der Waals surface area contributed by atoms with Gasteiger partial charge in [-0.2, -0.15) is 0 Å². The van der Waals surface area contributed by atoms with Crippen molar-refractivity contribution >= 4 is 34.3 Å². The third-order valence-electron chi connectivity index (χ3n) is 1.11. The molecule has 3 heteroatoms. The summed E-state index contributed by atoms with van der Waals surface area (Å²) in [6.45, 7) is 0.814. The van der Waals surface area contributed by atoms with Crippen LogP contribution in [0, 0.1) is 0 Å². The standard InChI is InChI=1S/C5H7NS2/c7-4-1-2-5(8)6-3-4/h1-3H2,(H,6,8). The molecule has 0 aliphatic carbocycles. The van der Waals surface area contributed by atoms with Crippen LogP contribution in [-0.4, -0.2) is 16.4 Å². The molecule has 0 aromatic heterocycles. The summed E-state index contributed by atoms with van der Waals surface area (Å²) in [5.74, 6) is 0. The molecule has 0 aromatic carbocycles. The largest absolute Gasteiger partial charge is 0.375 e. The molecule has 0 radical (unpaired) electrons. The summed E-state index contributed by atoms with van der Waals surface area (Å²) in [6, 6.07) is 0. The van der Waals surface area contributed by atoms with Gasteiger partial charge in [-0.25, -0.2) is 0 Å². The molecule has 0 aromatic rings. The van der Waals surface area contributed by atoms with Gasteiger partial charge in [0, 0.05) is 17.8 Å². The van der Waals surface area contributed by atoms with E-state index in [1.165, 1.54) is 0 Å². The van der Waals surface area contributed by atoms with E-state index >= 15 is 0 Å². The monoisotopic (exact) mass is 145 g/mol. The molecule has 1 aliphatic heterocycles. The fourth-order valence-electron chi connectivity index (χ4n) is 0.627. The van der Waals surface area contributed by atoms with Gasteiger partial charge < -0.3 is 5.32 Å². The van der Waals surface area contributed by atoms with E-state index in [4.69, 9.17) is 24.4 Å². The molecule has 1 N–H and O–H groups in total. The molecule has 1 saturated heterocycles. The van der Waals surface area contributed by atoms with E-state index in [1.807, 2.05) is 0 Å². The second-order valence-corrected chi connectivity index (χ2v) is 2.89. The zero-order valence-electron chi connectivity index (χ0n) is 4.44. The van der Waals surface area contributed by atoms with Crippen LogP contribution < -0.4 is 5.32 Å². The van der Waals surface area contributed by atoms with E-state index in [0.717, 1.165) is 29.2 Å². The van der Waals surface area contributed by atoms with E-state index in [-0.39, 0.29) is 0 Å². The zero-order chi connectivity index (χ0) is 5.98. The first-order valence-corrected chi connectivity index (χ1v) is 3.39. The minimum absolute atomic E-state index is 0.814. The van der Waals surface area contributed by atoms with Crippen LogP contribution in [0.1, 0.15) is 12.8 Å². The Balaban J connectivity index is 2.40. The lowest BCUT2D eigenvalue weighted by atomic mass is 10.2. The van der Waals surface area contributed by atoms with E-state index in [2.05, 4.69) is 5.32 Å². The molecule has 1 aliphatic rings. The highest BCUT2D eigenvalue weighted by atomic mass is 32.1. The molecule has 0 bridgehead atoms. The molecule has 1 nitrogen and oxygen atoms in total. The third-order valence-corrected chi connectivity index (χ3v) is 1.81. The van der Waals surface area contributed by atoms with Crippen molar-refractivity contribution in [3.05, 3.63) is 0 Å². The molecular formula is C5H7NS2. The molecule has 8 heavy (non-hydrogen) atoms. The van der Waals surface area contributed by atoms with Gasteiger partial charge in [0.25, 0.3) is 0 Å². The molecule has 1 heterocycles. The Morgan fingerprint density at radius 3 is 2.38 bits per heavy atom. The van der Waals surface area contributed by atoms with Crippen LogP contribution in [0.5, 0.6) is 0 Å². The molecular weight excluding hydrogens is 138 g/mol. The van der Waals surface area contributed by atoms with Crippen molar-refractivity contribution < 1.29 is 0 Å². The van der Waals surface area contributed by atoms with Crippen molar-refractivity contribution in [2.45, 2.75) is 12.8 Å². The van der Waals surface area contributed by atoms with Crippen molar-refractivity contribution in [2.75, 3.05) is 6.54 Å². The molecule has 0 unspecified atom stereocenters. The highest BCUT2D eigenvalue weighted by molar-refractivity contribution is 7.81. The maximum Gasteiger partial charge on any atom is 0.0759 e. The van der Waals surface area contributed by atoms with Gasteiger partial charge in [0.2, 0.25) is 0 Å². The smallest absolute Gasteiger partial charge is 0.0759 e. The predicted octanol–water partition coefficient (Wildman–Crippen LogP) is 1.07. The number of nitrogens with one attached hydrogen (secondary N) is 1. The van der Waals surface area contributed by atoms with Gasteiger partial charge in [-0.05, 0) is 6.42 Å². The van der Waals surface area contributed by atoms with Gasteiger partial charge in [0.1, 0.15) is 0 Å². The number of rotatable bonds is 0. The summed E-state index contributed by atoms with van der Waals surface area (Å²) < 4.78 is 0. The first-order chi connectivity index (χ1) is 3.79. The van der Waals surface area contributed by atoms with E-state index in [1.54, 1.807) is 0 Å². The first kappa shape index (κ1) is 6.11. The molecule has 0 saturated carbocycles. The first-order valence-electron chi connectivity index (χ1n) is 2.57. The Morgan fingerprint density at radius 2 is 2.00 bits per heavy atom. The lowest BCUT2D eigenvalue weighted by Crippen LogP contribution is -2.32. The molecule has 0 amide bonds. The fraction of sp³-hybridized carbons (Fsp3) is 0.600. The normalized spacial score (nSPS) is 20.5. The van der Waals surface area contributed by atoms with Crippen LogP contribution in [0.3, 0.4) is 0 Å². The Kier molecular flexibility index (Phi) is 1.91. The lowest BCUT2D eigenvalue weighted by molar-refractivity contribution is 0.959. The van der Waals surface area contributed by atoms with Crippen molar-refractivity contribution in [3.63, 3.8) is 0 Å². The van der Waals surface area contributed by atoms with E-state index in [0.29, 0.717) is 0 Å². The highest BCUT2D eigenvalue weighted by Gasteiger charge is 2.06. The summed E-state index contributed by atoms with van der Waals surface area (Å²) in [7, 11) is 0. The van der Waals surface area contributed by atoms with Crippen LogP contribution >= 0.6 is 24.4 Å². The minimum Gasteiger partial charge on any atom is -0.375 e. The highest BCUT2D eigenvalue weighted by Crippen LogP contribution is 1.99. The van der Waals surface area contributed by atoms with Gasteiger partial charge in [0.05, 0.1) is 4.99 Å². The maximum atomic E-state index is 4.94. The summed E-state index contributed by atoms with van der Waals surface area (Å²) in [5.41, 5.74) is 0. The van der Waals surface area contributed by atoms with Crippen LogP contribution in [0.4, 0.5) is 0 Å². The number of hydrogen-bond donors (Lipinski definition) is 1.